The normalized spacial score (nSPS) is 31.3. The summed E-state index contributed by atoms with van der Waals surface area (Å²) in [6.45, 7) is 6.05. The van der Waals surface area contributed by atoms with Crippen molar-refractivity contribution in [2.45, 2.75) is 77.8 Å². The minimum absolute atomic E-state index is 0.00630. The third-order valence-corrected chi connectivity index (χ3v) is 7.51. The van der Waals surface area contributed by atoms with Crippen molar-refractivity contribution >= 4 is 23.6 Å². The van der Waals surface area contributed by atoms with E-state index in [1.165, 1.54) is 14.2 Å². The zero-order chi connectivity index (χ0) is 31.6. The summed E-state index contributed by atoms with van der Waals surface area (Å²) < 4.78 is 29.6. The van der Waals surface area contributed by atoms with E-state index >= 15 is 0 Å². The van der Waals surface area contributed by atoms with Crippen molar-refractivity contribution in [3.8, 4) is 0 Å². The number of ketones is 2. The third-order valence-electron chi connectivity index (χ3n) is 7.51. The molecule has 2 amide bonds. The molecule has 42 heavy (non-hydrogen) atoms. The number of hydrogen-bond acceptors (Lipinski definition) is 9. The van der Waals surface area contributed by atoms with Crippen LogP contribution in [0.1, 0.15) is 53.4 Å². The number of alkyl halides is 1. The smallest absolute Gasteiger partial charge is 0.405 e. The fraction of sp³-hybridized carbons (Fsp3) is 0.600. The molecule has 5 N–H and O–H groups in total. The molecule has 1 aliphatic heterocycles. The number of nitrogens with one attached hydrogen (secondary N) is 2. The molecule has 1 aliphatic carbocycles. The summed E-state index contributed by atoms with van der Waals surface area (Å²) in [5.41, 5.74) is 6.20. The Hall–Kier alpha value is -3.35. The number of primary amides is 1. The van der Waals surface area contributed by atoms with Crippen LogP contribution in [0, 0.1) is 11.8 Å². The number of halogens is 1. The van der Waals surface area contributed by atoms with E-state index in [4.69, 9.17) is 19.9 Å². The van der Waals surface area contributed by atoms with Gasteiger partial charge in [-0.15, -0.1) is 0 Å². The number of fused-ring (bicyclic) bond motifs is 2. The SMILES string of the molecule is CO[C@H]1C[C@H](C)CC2=C(NCCF)C(=O)C=C(NC(=O)/C(C)=C/CC[C@H](OC)[C@@H](OC(N)=O)/C(C)=C/[C@H](C)[C@H]1O)C2=O. The molecule has 2 bridgehead atoms. The van der Waals surface area contributed by atoms with Crippen LogP contribution in [-0.2, 0) is 28.6 Å². The molecule has 2 aliphatic rings. The number of aliphatic hydroxyl groups excluding tert-OH is 1. The molecule has 0 fully saturated rings. The van der Waals surface area contributed by atoms with Gasteiger partial charge < -0.3 is 35.7 Å². The Morgan fingerprint density at radius 3 is 2.43 bits per heavy atom. The van der Waals surface area contributed by atoms with Crippen molar-refractivity contribution in [2.24, 2.45) is 17.6 Å². The average molecular weight is 594 g/mol. The standard InChI is InChI=1S/C30H44FN3O8/c1-16-12-20-25(33-11-10-31)22(35)15-21(27(20)37)34-29(38)17(2)8-7-9-23(40-5)28(42-30(32)39)19(4)14-18(3)26(36)24(13-16)41-6/h8,14-16,18,23-24,26,28,33,36H,7,9-13H2,1-6H3,(H2,32,39)(H,34,38)/b17-8+,19-14+/t16-,18+,23+,24+,26-,28+/m1/s1. The van der Waals surface area contributed by atoms with Crippen molar-refractivity contribution in [1.29, 1.82) is 0 Å². The van der Waals surface area contributed by atoms with Gasteiger partial charge in [0.1, 0.15) is 6.67 Å². The van der Waals surface area contributed by atoms with Crippen LogP contribution in [0.3, 0.4) is 0 Å². The zero-order valence-corrected chi connectivity index (χ0v) is 25.2. The van der Waals surface area contributed by atoms with Gasteiger partial charge in [-0.1, -0.05) is 26.0 Å². The first-order chi connectivity index (χ1) is 19.8. The summed E-state index contributed by atoms with van der Waals surface area (Å²) >= 11 is 0. The molecule has 1 heterocycles. The number of ether oxygens (including phenoxy) is 3. The van der Waals surface area contributed by atoms with E-state index in [0.717, 1.165) is 6.08 Å². The lowest BCUT2D eigenvalue weighted by Gasteiger charge is -2.30. The number of allylic oxidation sites excluding steroid dienone is 3. The fourth-order valence-corrected chi connectivity index (χ4v) is 5.26. The second kappa shape index (κ2) is 16.3. The van der Waals surface area contributed by atoms with Crippen LogP contribution >= 0.6 is 0 Å². The first-order valence-corrected chi connectivity index (χ1v) is 14.0. The lowest BCUT2D eigenvalue weighted by molar-refractivity contribution is -0.120. The predicted octanol–water partition coefficient (Wildman–Crippen LogP) is 2.55. The minimum atomic E-state index is -0.982. The van der Waals surface area contributed by atoms with E-state index in [1.807, 2.05) is 6.92 Å². The Balaban J connectivity index is 2.56. The van der Waals surface area contributed by atoms with Crippen LogP contribution in [0.25, 0.3) is 0 Å². The van der Waals surface area contributed by atoms with Crippen LogP contribution in [0.15, 0.2) is 46.3 Å². The molecule has 0 saturated heterocycles. The molecular weight excluding hydrogens is 549 g/mol. The molecule has 11 nitrogen and oxygen atoms in total. The Morgan fingerprint density at radius 2 is 1.83 bits per heavy atom. The topological polar surface area (TPSA) is 166 Å². The van der Waals surface area contributed by atoms with E-state index in [-0.39, 0.29) is 35.9 Å². The Bertz CT molecular complexity index is 1150. The maximum Gasteiger partial charge on any atom is 0.405 e. The lowest BCUT2D eigenvalue weighted by atomic mass is 9.85. The van der Waals surface area contributed by atoms with Crippen molar-refractivity contribution in [1.82, 2.24) is 10.6 Å². The molecule has 0 aromatic rings. The molecule has 0 unspecified atom stereocenters. The van der Waals surface area contributed by atoms with Crippen LogP contribution in [0.4, 0.5) is 9.18 Å². The second-order valence-electron chi connectivity index (χ2n) is 10.9. The van der Waals surface area contributed by atoms with E-state index in [2.05, 4.69) is 10.6 Å². The minimum Gasteiger partial charge on any atom is -0.439 e. The summed E-state index contributed by atoms with van der Waals surface area (Å²) in [4.78, 5) is 51.1. The van der Waals surface area contributed by atoms with Crippen LogP contribution in [0.2, 0.25) is 0 Å². The van der Waals surface area contributed by atoms with Gasteiger partial charge in [-0.25, -0.2) is 9.18 Å². The van der Waals surface area contributed by atoms with Gasteiger partial charge >= 0.3 is 6.09 Å². The highest BCUT2D eigenvalue weighted by molar-refractivity contribution is 6.23. The van der Waals surface area contributed by atoms with Crippen molar-refractivity contribution in [2.75, 3.05) is 27.4 Å². The average Bonchev–Trinajstić information content (AvgIpc) is 2.94. The molecule has 0 spiro atoms. The highest BCUT2D eigenvalue weighted by Gasteiger charge is 2.33. The molecule has 2 rings (SSSR count). The molecule has 0 aromatic heterocycles. The number of carbonyl (C=O) groups is 4. The van der Waals surface area contributed by atoms with Gasteiger partial charge in [-0.2, -0.15) is 0 Å². The molecule has 0 saturated carbocycles. The largest absolute Gasteiger partial charge is 0.439 e. The van der Waals surface area contributed by atoms with Crippen LogP contribution in [-0.4, -0.2) is 80.5 Å². The van der Waals surface area contributed by atoms with Gasteiger partial charge in [0.25, 0.3) is 5.91 Å². The highest BCUT2D eigenvalue weighted by Crippen LogP contribution is 2.29. The van der Waals surface area contributed by atoms with Gasteiger partial charge in [-0.3, -0.25) is 14.4 Å². The number of nitrogens with two attached hydrogens (primary N) is 1. The molecule has 234 valence electrons. The molecule has 0 aromatic carbocycles. The summed E-state index contributed by atoms with van der Waals surface area (Å²) in [6.07, 6.45) is 1.48. The van der Waals surface area contributed by atoms with Gasteiger partial charge in [0.15, 0.2) is 6.10 Å². The number of Topliss-reactive ketones (excluding diaryl/α,β-unsaturated/α-hetero) is 1. The summed E-state index contributed by atoms with van der Waals surface area (Å²) in [5.74, 6) is -2.38. The first kappa shape index (κ1) is 34.8. The van der Waals surface area contributed by atoms with E-state index in [9.17, 15) is 28.7 Å². The quantitative estimate of drug-likeness (QED) is 0.267. The van der Waals surface area contributed by atoms with E-state index in [0.29, 0.717) is 30.4 Å². The zero-order valence-electron chi connectivity index (χ0n) is 25.2. The Kier molecular flexibility index (Phi) is 13.5. The van der Waals surface area contributed by atoms with Crippen molar-refractivity contribution in [3.63, 3.8) is 0 Å². The number of hydrogen-bond donors (Lipinski definition) is 4. The molecular formula is C30H44FN3O8. The van der Waals surface area contributed by atoms with Gasteiger partial charge in [0, 0.05) is 43.9 Å². The second-order valence-corrected chi connectivity index (χ2v) is 10.9. The molecule has 6 atom stereocenters. The van der Waals surface area contributed by atoms with Crippen LogP contribution < -0.4 is 16.4 Å². The maximum atomic E-state index is 13.5. The first-order valence-electron chi connectivity index (χ1n) is 14.0. The summed E-state index contributed by atoms with van der Waals surface area (Å²) in [5, 5.41) is 16.5. The maximum absolute atomic E-state index is 13.5. The van der Waals surface area contributed by atoms with Crippen molar-refractivity contribution < 1.29 is 42.9 Å². The number of amides is 2. The van der Waals surface area contributed by atoms with Gasteiger partial charge in [-0.05, 0) is 51.0 Å². The summed E-state index contributed by atoms with van der Waals surface area (Å²) in [6, 6.07) is 0. The lowest BCUT2D eigenvalue weighted by Crippen LogP contribution is -2.38. The van der Waals surface area contributed by atoms with Crippen molar-refractivity contribution in [3.05, 3.63) is 46.3 Å². The highest BCUT2D eigenvalue weighted by atomic mass is 19.1. The molecule has 0 radical (unpaired) electrons. The monoisotopic (exact) mass is 593 g/mol. The number of methoxy groups -OCH3 is 2. The number of carbonyl (C=O) groups excluding carboxylic acids is 4. The summed E-state index contributed by atoms with van der Waals surface area (Å²) in [7, 11) is 2.93. The Morgan fingerprint density at radius 1 is 1.17 bits per heavy atom. The third kappa shape index (κ3) is 9.33. The fourth-order valence-electron chi connectivity index (χ4n) is 5.26. The number of aliphatic hydroxyl groups is 1. The molecule has 12 heteroatoms. The van der Waals surface area contributed by atoms with Crippen LogP contribution in [0.5, 0.6) is 0 Å². The van der Waals surface area contributed by atoms with Gasteiger partial charge in [0.2, 0.25) is 11.6 Å². The van der Waals surface area contributed by atoms with Gasteiger partial charge in [0.05, 0.1) is 29.7 Å². The van der Waals surface area contributed by atoms with E-state index in [1.54, 1.807) is 32.9 Å². The predicted molar refractivity (Wildman–Crippen MR) is 154 cm³/mol. The number of rotatable bonds is 6. The Labute approximate surface area is 246 Å². The van der Waals surface area contributed by atoms with E-state index < -0.39 is 60.6 Å².